The Balaban J connectivity index is 3.21. The molecule has 0 atom stereocenters. The SMILES string of the molecule is O=S(=O)(Cl)c1ccc(C(F)(F)C(F)(F)F)cc1. The van der Waals surface area contributed by atoms with Crippen LogP contribution in [-0.2, 0) is 15.0 Å². The summed E-state index contributed by atoms with van der Waals surface area (Å²) in [6.07, 6.45) is -5.74. The molecule has 0 saturated carbocycles. The maximum Gasteiger partial charge on any atom is 0.458 e. The van der Waals surface area contributed by atoms with Gasteiger partial charge in [-0.25, -0.2) is 8.42 Å². The van der Waals surface area contributed by atoms with E-state index in [1.165, 1.54) is 0 Å². The molecule has 17 heavy (non-hydrogen) atoms. The third-order valence-corrected chi connectivity index (χ3v) is 3.22. The van der Waals surface area contributed by atoms with Crippen molar-refractivity contribution in [3.05, 3.63) is 29.8 Å². The highest BCUT2D eigenvalue weighted by Crippen LogP contribution is 2.43. The summed E-state index contributed by atoms with van der Waals surface area (Å²) in [6, 6.07) is 1.89. The minimum atomic E-state index is -5.74. The molecule has 0 aromatic heterocycles. The van der Waals surface area contributed by atoms with Gasteiger partial charge in [0.05, 0.1) is 4.90 Å². The van der Waals surface area contributed by atoms with Crippen LogP contribution >= 0.6 is 10.7 Å². The Morgan fingerprint density at radius 1 is 0.941 bits per heavy atom. The van der Waals surface area contributed by atoms with E-state index >= 15 is 0 Å². The van der Waals surface area contributed by atoms with E-state index in [9.17, 15) is 30.4 Å². The summed E-state index contributed by atoms with van der Waals surface area (Å²) < 4.78 is 82.9. The Kier molecular flexibility index (Phi) is 3.41. The molecule has 0 radical (unpaired) electrons. The Morgan fingerprint density at radius 2 is 1.35 bits per heavy atom. The fourth-order valence-corrected chi connectivity index (χ4v) is 1.76. The van der Waals surface area contributed by atoms with Crippen LogP contribution in [0.2, 0.25) is 0 Å². The highest BCUT2D eigenvalue weighted by Gasteiger charge is 2.58. The van der Waals surface area contributed by atoms with Gasteiger partial charge in [-0.1, -0.05) is 12.1 Å². The fraction of sp³-hybridized carbons (Fsp3) is 0.250. The lowest BCUT2D eigenvalue weighted by Crippen LogP contribution is -2.33. The van der Waals surface area contributed by atoms with Crippen LogP contribution in [0.25, 0.3) is 0 Å². The van der Waals surface area contributed by atoms with Crippen LogP contribution in [0.3, 0.4) is 0 Å². The van der Waals surface area contributed by atoms with Crippen LogP contribution < -0.4 is 0 Å². The summed E-state index contributed by atoms with van der Waals surface area (Å²) >= 11 is 0. The molecule has 1 aromatic rings. The highest BCUT2D eigenvalue weighted by molar-refractivity contribution is 8.13. The van der Waals surface area contributed by atoms with Crippen molar-refractivity contribution in [3.63, 3.8) is 0 Å². The first-order valence-electron chi connectivity index (χ1n) is 3.96. The van der Waals surface area contributed by atoms with E-state index in [4.69, 9.17) is 10.7 Å². The summed E-state index contributed by atoms with van der Waals surface area (Å²) in [6.45, 7) is 0. The van der Waals surface area contributed by atoms with Crippen molar-refractivity contribution in [3.8, 4) is 0 Å². The van der Waals surface area contributed by atoms with Crippen molar-refractivity contribution in [2.45, 2.75) is 17.0 Å². The molecule has 0 unspecified atom stereocenters. The van der Waals surface area contributed by atoms with Crippen molar-refractivity contribution in [1.82, 2.24) is 0 Å². The maximum absolute atomic E-state index is 12.8. The molecular formula is C8H4ClF5O2S. The molecule has 0 aliphatic rings. The second-order valence-electron chi connectivity index (χ2n) is 3.03. The number of halogens is 6. The van der Waals surface area contributed by atoms with Gasteiger partial charge in [0.15, 0.2) is 0 Å². The number of hydrogen-bond donors (Lipinski definition) is 0. The Labute approximate surface area is 97.4 Å². The molecule has 1 rings (SSSR count). The van der Waals surface area contributed by atoms with Crippen LogP contribution in [0.5, 0.6) is 0 Å². The molecule has 96 valence electrons. The summed E-state index contributed by atoms with van der Waals surface area (Å²) in [5.74, 6) is -5.04. The van der Waals surface area contributed by atoms with E-state index < -0.39 is 31.6 Å². The van der Waals surface area contributed by atoms with E-state index in [0.29, 0.717) is 24.3 Å². The number of alkyl halides is 5. The molecule has 0 heterocycles. The minimum Gasteiger partial charge on any atom is -0.207 e. The minimum absolute atomic E-state index is 0.364. The maximum atomic E-state index is 12.8. The Morgan fingerprint density at radius 3 is 1.65 bits per heavy atom. The summed E-state index contributed by atoms with van der Waals surface area (Å²) in [4.78, 5) is -0.555. The van der Waals surface area contributed by atoms with E-state index in [0.717, 1.165) is 0 Å². The first-order valence-corrected chi connectivity index (χ1v) is 6.27. The monoisotopic (exact) mass is 294 g/mol. The normalized spacial score (nSPS) is 13.8. The number of rotatable bonds is 2. The lowest BCUT2D eigenvalue weighted by molar-refractivity contribution is -0.289. The van der Waals surface area contributed by atoms with Gasteiger partial charge in [0.1, 0.15) is 0 Å². The van der Waals surface area contributed by atoms with Gasteiger partial charge in [0.25, 0.3) is 9.05 Å². The second-order valence-corrected chi connectivity index (χ2v) is 5.60. The van der Waals surface area contributed by atoms with Crippen LogP contribution in [0.4, 0.5) is 22.0 Å². The summed E-state index contributed by atoms with van der Waals surface area (Å²) in [7, 11) is 0.723. The smallest absolute Gasteiger partial charge is 0.207 e. The van der Waals surface area contributed by atoms with Crippen molar-refractivity contribution < 1.29 is 30.4 Å². The van der Waals surface area contributed by atoms with Crippen molar-refractivity contribution in [1.29, 1.82) is 0 Å². The van der Waals surface area contributed by atoms with E-state index in [1.807, 2.05) is 0 Å². The molecule has 0 N–H and O–H groups in total. The lowest BCUT2D eigenvalue weighted by Gasteiger charge is -2.19. The third kappa shape index (κ3) is 2.86. The Hall–Kier alpha value is -0.890. The molecule has 0 aliphatic carbocycles. The number of benzene rings is 1. The van der Waals surface area contributed by atoms with E-state index in [1.54, 1.807) is 0 Å². The fourth-order valence-electron chi connectivity index (χ4n) is 0.990. The summed E-state index contributed by atoms with van der Waals surface area (Å²) in [5.41, 5.74) is -1.35. The zero-order chi connectivity index (χ0) is 13.5. The second kappa shape index (κ2) is 4.09. The topological polar surface area (TPSA) is 34.1 Å². The molecule has 2 nitrogen and oxygen atoms in total. The van der Waals surface area contributed by atoms with Gasteiger partial charge in [0.2, 0.25) is 0 Å². The van der Waals surface area contributed by atoms with Gasteiger partial charge in [0, 0.05) is 16.2 Å². The molecule has 0 bridgehead atoms. The summed E-state index contributed by atoms with van der Waals surface area (Å²) in [5, 5.41) is 0. The quantitative estimate of drug-likeness (QED) is 0.620. The molecule has 0 aliphatic heterocycles. The van der Waals surface area contributed by atoms with Crippen LogP contribution in [-0.4, -0.2) is 14.6 Å². The average molecular weight is 295 g/mol. The van der Waals surface area contributed by atoms with Crippen LogP contribution in [0, 0.1) is 0 Å². The molecule has 0 fully saturated rings. The van der Waals surface area contributed by atoms with Gasteiger partial charge < -0.3 is 0 Å². The van der Waals surface area contributed by atoms with Crippen LogP contribution in [0.15, 0.2) is 29.2 Å². The highest BCUT2D eigenvalue weighted by atomic mass is 35.7. The standard InChI is InChI=1S/C8H4ClF5O2S/c9-17(15,16)6-3-1-5(2-4-6)7(10,11)8(12,13)14/h1-4H. The molecule has 9 heteroatoms. The molecular weight excluding hydrogens is 291 g/mol. The predicted molar refractivity (Wildman–Crippen MR) is 49.4 cm³/mol. The van der Waals surface area contributed by atoms with Crippen molar-refractivity contribution in [2.24, 2.45) is 0 Å². The largest absolute Gasteiger partial charge is 0.458 e. The molecule has 0 spiro atoms. The molecule has 1 aromatic carbocycles. The van der Waals surface area contributed by atoms with Gasteiger partial charge in [-0.3, -0.25) is 0 Å². The van der Waals surface area contributed by atoms with Gasteiger partial charge in [-0.2, -0.15) is 22.0 Å². The van der Waals surface area contributed by atoms with Gasteiger partial charge >= 0.3 is 12.1 Å². The molecule has 0 saturated heterocycles. The first-order chi connectivity index (χ1) is 7.46. The van der Waals surface area contributed by atoms with E-state index in [-0.39, 0.29) is 0 Å². The zero-order valence-electron chi connectivity index (χ0n) is 7.80. The van der Waals surface area contributed by atoms with Gasteiger partial charge in [-0.15, -0.1) is 0 Å². The van der Waals surface area contributed by atoms with Crippen molar-refractivity contribution in [2.75, 3.05) is 0 Å². The first kappa shape index (κ1) is 14.2. The average Bonchev–Trinajstić information content (AvgIpc) is 2.15. The molecule has 0 amide bonds. The van der Waals surface area contributed by atoms with E-state index in [2.05, 4.69) is 0 Å². The number of hydrogen-bond acceptors (Lipinski definition) is 2. The zero-order valence-corrected chi connectivity index (χ0v) is 9.37. The van der Waals surface area contributed by atoms with Crippen LogP contribution in [0.1, 0.15) is 5.56 Å². The lowest BCUT2D eigenvalue weighted by atomic mass is 10.1. The predicted octanol–water partition coefficient (Wildman–Crippen LogP) is 3.27. The Bertz CT molecular complexity index is 506. The van der Waals surface area contributed by atoms with Crippen molar-refractivity contribution >= 4 is 19.7 Å². The van der Waals surface area contributed by atoms with Gasteiger partial charge in [-0.05, 0) is 12.1 Å². The third-order valence-electron chi connectivity index (χ3n) is 1.85.